The minimum absolute atomic E-state index is 0.399. The van der Waals surface area contributed by atoms with Gasteiger partial charge in [0.05, 0.1) is 11.6 Å². The molecule has 1 unspecified atom stereocenters. The third kappa shape index (κ3) is 3.97. The number of rotatable bonds is 7. The number of benzene rings is 1. The van der Waals surface area contributed by atoms with Gasteiger partial charge >= 0.3 is 0 Å². The van der Waals surface area contributed by atoms with Gasteiger partial charge in [-0.25, -0.2) is 0 Å². The van der Waals surface area contributed by atoms with Crippen molar-refractivity contribution in [1.82, 2.24) is 0 Å². The van der Waals surface area contributed by atoms with Crippen LogP contribution in [0.15, 0.2) is 22.7 Å². The first-order valence-corrected chi connectivity index (χ1v) is 7.19. The van der Waals surface area contributed by atoms with E-state index >= 15 is 0 Å². The van der Waals surface area contributed by atoms with Crippen molar-refractivity contribution in [2.75, 3.05) is 20.2 Å². The molecule has 102 valence electrons. The Hall–Kier alpha value is -0.580. The van der Waals surface area contributed by atoms with Crippen LogP contribution < -0.4 is 16.2 Å². The summed E-state index contributed by atoms with van der Waals surface area (Å²) in [6.07, 6.45) is 2.14. The van der Waals surface area contributed by atoms with Gasteiger partial charge in [-0.15, -0.1) is 0 Å². The Labute approximate surface area is 118 Å². The van der Waals surface area contributed by atoms with Gasteiger partial charge in [0.2, 0.25) is 0 Å². The summed E-state index contributed by atoms with van der Waals surface area (Å²) in [7, 11) is 1.68. The van der Waals surface area contributed by atoms with Crippen molar-refractivity contribution in [2.24, 2.45) is 17.4 Å². The molecule has 1 aromatic rings. The lowest BCUT2D eigenvalue weighted by Crippen LogP contribution is -2.25. The van der Waals surface area contributed by atoms with Gasteiger partial charge in [0.25, 0.3) is 0 Å². The third-order valence-electron chi connectivity index (χ3n) is 3.42. The maximum atomic E-state index is 5.73. The molecule has 0 amide bonds. The molecule has 0 radical (unpaired) electrons. The van der Waals surface area contributed by atoms with Gasteiger partial charge in [-0.05, 0) is 71.4 Å². The molecule has 0 saturated carbocycles. The fourth-order valence-corrected chi connectivity index (χ4v) is 2.72. The van der Waals surface area contributed by atoms with Crippen molar-refractivity contribution < 1.29 is 4.74 Å². The second kappa shape index (κ2) is 7.77. The maximum absolute atomic E-state index is 5.73. The fraction of sp³-hybridized carbons (Fsp3) is 0.571. The van der Waals surface area contributed by atoms with E-state index in [4.69, 9.17) is 16.2 Å². The van der Waals surface area contributed by atoms with Crippen molar-refractivity contribution in [2.45, 2.75) is 25.7 Å². The predicted octanol–water partition coefficient (Wildman–Crippen LogP) is 2.88. The van der Waals surface area contributed by atoms with Crippen molar-refractivity contribution >= 4 is 15.9 Å². The van der Waals surface area contributed by atoms with E-state index in [1.165, 1.54) is 5.56 Å². The van der Waals surface area contributed by atoms with Crippen LogP contribution in [0.1, 0.15) is 31.2 Å². The molecule has 1 aromatic carbocycles. The number of hydrogen-bond acceptors (Lipinski definition) is 3. The molecular weight excluding hydrogens is 292 g/mol. The van der Waals surface area contributed by atoms with Crippen molar-refractivity contribution in [3.8, 4) is 5.75 Å². The molecule has 0 aromatic heterocycles. The smallest absolute Gasteiger partial charge is 0.133 e. The van der Waals surface area contributed by atoms with Crippen molar-refractivity contribution in [1.29, 1.82) is 0 Å². The minimum atomic E-state index is 0.399. The van der Waals surface area contributed by atoms with Crippen LogP contribution in [0.5, 0.6) is 5.75 Å². The van der Waals surface area contributed by atoms with Crippen LogP contribution in [0.2, 0.25) is 0 Å². The predicted molar refractivity (Wildman–Crippen MR) is 79.9 cm³/mol. The van der Waals surface area contributed by atoms with E-state index in [0.717, 1.165) is 23.1 Å². The molecule has 0 aliphatic carbocycles. The Bertz CT molecular complexity index is 367. The molecule has 0 heterocycles. The lowest BCUT2D eigenvalue weighted by molar-refractivity contribution is 0.410. The Morgan fingerprint density at radius 1 is 1.28 bits per heavy atom. The second-order valence-corrected chi connectivity index (χ2v) is 5.43. The fourth-order valence-electron chi connectivity index (χ4n) is 2.17. The second-order valence-electron chi connectivity index (χ2n) is 4.57. The average molecular weight is 315 g/mol. The summed E-state index contributed by atoms with van der Waals surface area (Å²) in [5.41, 5.74) is 12.8. The largest absolute Gasteiger partial charge is 0.496 e. The zero-order chi connectivity index (χ0) is 13.5. The zero-order valence-electron chi connectivity index (χ0n) is 11.2. The van der Waals surface area contributed by atoms with Crippen LogP contribution in [0.4, 0.5) is 0 Å². The minimum Gasteiger partial charge on any atom is -0.496 e. The first-order valence-electron chi connectivity index (χ1n) is 6.39. The number of methoxy groups -OCH3 is 1. The van der Waals surface area contributed by atoms with E-state index < -0.39 is 0 Å². The topological polar surface area (TPSA) is 61.3 Å². The molecule has 0 fully saturated rings. The molecule has 0 bridgehead atoms. The molecule has 18 heavy (non-hydrogen) atoms. The number of ether oxygens (including phenoxy) is 1. The third-order valence-corrected chi connectivity index (χ3v) is 4.04. The maximum Gasteiger partial charge on any atom is 0.133 e. The molecule has 0 spiro atoms. The molecule has 3 nitrogen and oxygen atoms in total. The van der Waals surface area contributed by atoms with Crippen LogP contribution in [-0.4, -0.2) is 20.2 Å². The number of halogens is 1. The Morgan fingerprint density at radius 2 is 1.94 bits per heavy atom. The number of hydrogen-bond donors (Lipinski definition) is 2. The van der Waals surface area contributed by atoms with Crippen LogP contribution in [0.3, 0.4) is 0 Å². The standard InChI is InChI=1S/C14H23BrN2O/c1-3-11(6-10(8-16)9-17)12-4-5-14(18-2)13(15)7-12/h4-5,7,10-11H,3,6,8-9,16-17H2,1-2H3. The molecule has 0 aliphatic heterocycles. The highest BCUT2D eigenvalue weighted by atomic mass is 79.9. The quantitative estimate of drug-likeness (QED) is 0.813. The molecular formula is C14H23BrN2O. The summed E-state index contributed by atoms with van der Waals surface area (Å²) in [6.45, 7) is 3.52. The van der Waals surface area contributed by atoms with Crippen molar-refractivity contribution in [3.05, 3.63) is 28.2 Å². The summed E-state index contributed by atoms with van der Waals surface area (Å²) in [4.78, 5) is 0. The first-order chi connectivity index (χ1) is 8.65. The average Bonchev–Trinajstić information content (AvgIpc) is 2.40. The van der Waals surface area contributed by atoms with Crippen LogP contribution in [0, 0.1) is 5.92 Å². The van der Waals surface area contributed by atoms with E-state index in [9.17, 15) is 0 Å². The van der Waals surface area contributed by atoms with Crippen molar-refractivity contribution in [3.63, 3.8) is 0 Å². The van der Waals surface area contributed by atoms with E-state index in [2.05, 4.69) is 35.0 Å². The summed E-state index contributed by atoms with van der Waals surface area (Å²) < 4.78 is 6.25. The molecule has 4 N–H and O–H groups in total. The van der Waals surface area contributed by atoms with E-state index in [0.29, 0.717) is 24.9 Å². The summed E-state index contributed by atoms with van der Waals surface area (Å²) in [5, 5.41) is 0. The summed E-state index contributed by atoms with van der Waals surface area (Å²) in [6, 6.07) is 6.26. The van der Waals surface area contributed by atoms with Gasteiger partial charge in [0.1, 0.15) is 5.75 Å². The number of nitrogens with two attached hydrogens (primary N) is 2. The highest BCUT2D eigenvalue weighted by Gasteiger charge is 2.16. The Morgan fingerprint density at radius 3 is 2.39 bits per heavy atom. The SMILES string of the molecule is CCC(CC(CN)CN)c1ccc(OC)c(Br)c1. The molecule has 0 aliphatic rings. The van der Waals surface area contributed by atoms with Crippen LogP contribution >= 0.6 is 15.9 Å². The van der Waals surface area contributed by atoms with Crippen LogP contribution in [0.25, 0.3) is 0 Å². The normalized spacial score (nSPS) is 12.8. The highest BCUT2D eigenvalue weighted by molar-refractivity contribution is 9.10. The van der Waals surface area contributed by atoms with Gasteiger partial charge in [-0.2, -0.15) is 0 Å². The lowest BCUT2D eigenvalue weighted by Gasteiger charge is -2.21. The van der Waals surface area contributed by atoms with Gasteiger partial charge in [-0.1, -0.05) is 13.0 Å². The Balaban J connectivity index is 2.84. The van der Waals surface area contributed by atoms with E-state index in [1.54, 1.807) is 7.11 Å². The van der Waals surface area contributed by atoms with Gasteiger partial charge in [0, 0.05) is 0 Å². The summed E-state index contributed by atoms with van der Waals surface area (Å²) in [5.74, 6) is 1.77. The molecule has 4 heteroatoms. The van der Waals surface area contributed by atoms with Gasteiger partial charge < -0.3 is 16.2 Å². The first kappa shape index (κ1) is 15.5. The van der Waals surface area contributed by atoms with E-state index in [-0.39, 0.29) is 0 Å². The van der Waals surface area contributed by atoms with E-state index in [1.807, 2.05) is 6.07 Å². The highest BCUT2D eigenvalue weighted by Crippen LogP contribution is 2.32. The van der Waals surface area contributed by atoms with Gasteiger partial charge in [-0.3, -0.25) is 0 Å². The molecule has 0 saturated heterocycles. The molecule has 1 rings (SSSR count). The van der Waals surface area contributed by atoms with Gasteiger partial charge in [0.15, 0.2) is 0 Å². The monoisotopic (exact) mass is 314 g/mol. The Kier molecular flexibility index (Phi) is 6.68. The van der Waals surface area contributed by atoms with Crippen LogP contribution in [-0.2, 0) is 0 Å². The zero-order valence-corrected chi connectivity index (χ0v) is 12.7. The molecule has 1 atom stereocenters. The summed E-state index contributed by atoms with van der Waals surface area (Å²) >= 11 is 3.53. The lowest BCUT2D eigenvalue weighted by atomic mass is 9.87.